The summed E-state index contributed by atoms with van der Waals surface area (Å²) in [7, 11) is 0. The number of pyridine rings is 1. The van der Waals surface area contributed by atoms with Crippen LogP contribution < -0.4 is 16.4 Å². The summed E-state index contributed by atoms with van der Waals surface area (Å²) in [5.74, 6) is -0.422. The second kappa shape index (κ2) is 9.57. The average molecular weight is 422 g/mol. The number of rotatable bonds is 6. The standard InChI is InChI=1S/C26H22N4O2/c27-23-17-28-14-13-24(23)30-26(32)20-11-9-18(10-12-20)16-29-25(31)22-8-4-7-21(15-22)19-5-2-1-3-6-19/h1-15,17H,16,27H2,(H,29,31)(H,28,30,32). The second-order valence-electron chi connectivity index (χ2n) is 7.24. The van der Waals surface area contributed by atoms with Gasteiger partial charge < -0.3 is 16.4 Å². The molecule has 3 aromatic carbocycles. The summed E-state index contributed by atoms with van der Waals surface area (Å²) in [6.45, 7) is 0.355. The van der Waals surface area contributed by atoms with Gasteiger partial charge >= 0.3 is 0 Å². The van der Waals surface area contributed by atoms with Crippen molar-refractivity contribution in [3.8, 4) is 11.1 Å². The van der Waals surface area contributed by atoms with E-state index in [0.29, 0.717) is 29.0 Å². The molecule has 0 spiro atoms. The molecule has 0 atom stereocenters. The Bertz CT molecular complexity index is 1240. The smallest absolute Gasteiger partial charge is 0.255 e. The maximum atomic E-state index is 12.6. The highest BCUT2D eigenvalue weighted by molar-refractivity contribution is 6.05. The van der Waals surface area contributed by atoms with Gasteiger partial charge in [-0.05, 0) is 47.0 Å². The van der Waals surface area contributed by atoms with Crippen molar-refractivity contribution in [1.82, 2.24) is 10.3 Å². The number of hydrogen-bond acceptors (Lipinski definition) is 4. The molecule has 1 aromatic heterocycles. The van der Waals surface area contributed by atoms with Gasteiger partial charge in [0.2, 0.25) is 0 Å². The minimum atomic E-state index is -0.267. The van der Waals surface area contributed by atoms with Gasteiger partial charge in [0, 0.05) is 23.9 Å². The van der Waals surface area contributed by atoms with Crippen molar-refractivity contribution >= 4 is 23.2 Å². The van der Waals surface area contributed by atoms with E-state index in [1.807, 2.05) is 60.7 Å². The van der Waals surface area contributed by atoms with E-state index in [0.717, 1.165) is 16.7 Å². The Kier molecular flexibility index (Phi) is 6.22. The van der Waals surface area contributed by atoms with Gasteiger partial charge in [-0.3, -0.25) is 14.6 Å². The normalized spacial score (nSPS) is 10.4. The van der Waals surface area contributed by atoms with Gasteiger partial charge in [-0.25, -0.2) is 0 Å². The predicted molar refractivity (Wildman–Crippen MR) is 126 cm³/mol. The Labute approximate surface area is 186 Å². The zero-order valence-corrected chi connectivity index (χ0v) is 17.3. The van der Waals surface area contributed by atoms with Crippen LogP contribution in [-0.4, -0.2) is 16.8 Å². The number of carbonyl (C=O) groups is 2. The highest BCUT2D eigenvalue weighted by Crippen LogP contribution is 2.20. The highest BCUT2D eigenvalue weighted by atomic mass is 16.2. The second-order valence-corrected chi connectivity index (χ2v) is 7.24. The molecule has 0 saturated carbocycles. The molecule has 32 heavy (non-hydrogen) atoms. The van der Waals surface area contributed by atoms with Crippen LogP contribution in [0.3, 0.4) is 0 Å². The predicted octanol–water partition coefficient (Wildman–Crippen LogP) is 4.51. The summed E-state index contributed by atoms with van der Waals surface area (Å²) in [4.78, 5) is 28.9. The fraction of sp³-hybridized carbons (Fsp3) is 0.0385. The molecule has 2 amide bonds. The van der Waals surface area contributed by atoms with Crippen molar-refractivity contribution in [3.63, 3.8) is 0 Å². The van der Waals surface area contributed by atoms with E-state index >= 15 is 0 Å². The first-order valence-electron chi connectivity index (χ1n) is 10.1. The van der Waals surface area contributed by atoms with Crippen molar-refractivity contribution in [2.75, 3.05) is 11.1 Å². The molecule has 0 unspecified atom stereocenters. The molecule has 0 radical (unpaired) electrons. The maximum Gasteiger partial charge on any atom is 0.255 e. The maximum absolute atomic E-state index is 12.6. The zero-order chi connectivity index (χ0) is 22.3. The molecule has 6 heteroatoms. The molecule has 4 aromatic rings. The molecule has 0 aliphatic carbocycles. The Balaban J connectivity index is 1.37. The number of nitrogens with two attached hydrogens (primary N) is 1. The lowest BCUT2D eigenvalue weighted by atomic mass is 10.0. The number of nitrogen functional groups attached to an aromatic ring is 1. The molecule has 0 fully saturated rings. The minimum Gasteiger partial charge on any atom is -0.396 e. The number of aromatic nitrogens is 1. The summed E-state index contributed by atoms with van der Waals surface area (Å²) in [5.41, 5.74) is 10.7. The largest absolute Gasteiger partial charge is 0.396 e. The Morgan fingerprint density at radius 3 is 2.28 bits per heavy atom. The first kappa shape index (κ1) is 20.8. The zero-order valence-electron chi connectivity index (χ0n) is 17.3. The van der Waals surface area contributed by atoms with Gasteiger partial charge in [-0.15, -0.1) is 0 Å². The van der Waals surface area contributed by atoms with Gasteiger partial charge in [0.1, 0.15) is 0 Å². The Morgan fingerprint density at radius 1 is 0.781 bits per heavy atom. The monoisotopic (exact) mass is 422 g/mol. The number of amides is 2. The van der Waals surface area contributed by atoms with Crippen molar-refractivity contribution in [1.29, 1.82) is 0 Å². The lowest BCUT2D eigenvalue weighted by Gasteiger charge is -2.09. The van der Waals surface area contributed by atoms with E-state index in [1.54, 1.807) is 30.5 Å². The van der Waals surface area contributed by atoms with Crippen LogP contribution in [0.5, 0.6) is 0 Å². The number of benzene rings is 3. The van der Waals surface area contributed by atoms with E-state index in [-0.39, 0.29) is 11.8 Å². The summed E-state index contributed by atoms with van der Waals surface area (Å²) < 4.78 is 0. The van der Waals surface area contributed by atoms with Crippen molar-refractivity contribution in [2.45, 2.75) is 6.54 Å². The molecule has 4 rings (SSSR count). The fourth-order valence-electron chi connectivity index (χ4n) is 3.24. The number of carbonyl (C=O) groups excluding carboxylic acids is 2. The van der Waals surface area contributed by atoms with Crippen LogP contribution in [0.15, 0.2) is 97.3 Å². The number of nitrogens with zero attached hydrogens (tertiary/aromatic N) is 1. The summed E-state index contributed by atoms with van der Waals surface area (Å²) in [6.07, 6.45) is 3.05. The molecular formula is C26H22N4O2. The Hall–Kier alpha value is -4.45. The van der Waals surface area contributed by atoms with Crippen LogP contribution in [0.1, 0.15) is 26.3 Å². The van der Waals surface area contributed by atoms with Crippen LogP contribution in [0.25, 0.3) is 11.1 Å². The molecule has 6 nitrogen and oxygen atoms in total. The van der Waals surface area contributed by atoms with Crippen LogP contribution in [0.4, 0.5) is 11.4 Å². The molecule has 0 bridgehead atoms. The third-order valence-corrected chi connectivity index (χ3v) is 5.00. The summed E-state index contributed by atoms with van der Waals surface area (Å²) in [6, 6.07) is 26.1. The van der Waals surface area contributed by atoms with Crippen LogP contribution in [-0.2, 0) is 6.54 Å². The van der Waals surface area contributed by atoms with Crippen LogP contribution in [0.2, 0.25) is 0 Å². The van der Waals surface area contributed by atoms with Crippen molar-refractivity contribution in [3.05, 3.63) is 114 Å². The number of anilines is 2. The van der Waals surface area contributed by atoms with E-state index in [9.17, 15) is 9.59 Å². The van der Waals surface area contributed by atoms with Gasteiger partial charge in [0.15, 0.2) is 0 Å². The van der Waals surface area contributed by atoms with Crippen LogP contribution in [0, 0.1) is 0 Å². The molecule has 0 saturated heterocycles. The lowest BCUT2D eigenvalue weighted by Crippen LogP contribution is -2.22. The van der Waals surface area contributed by atoms with Gasteiger partial charge in [-0.1, -0.05) is 54.6 Å². The topological polar surface area (TPSA) is 97.1 Å². The average Bonchev–Trinajstić information content (AvgIpc) is 2.85. The van der Waals surface area contributed by atoms with E-state index < -0.39 is 0 Å². The van der Waals surface area contributed by atoms with E-state index in [1.165, 1.54) is 6.20 Å². The van der Waals surface area contributed by atoms with E-state index in [2.05, 4.69) is 15.6 Å². The summed E-state index contributed by atoms with van der Waals surface area (Å²) >= 11 is 0. The third-order valence-electron chi connectivity index (χ3n) is 5.00. The van der Waals surface area contributed by atoms with Crippen LogP contribution >= 0.6 is 0 Å². The van der Waals surface area contributed by atoms with Crippen molar-refractivity contribution in [2.24, 2.45) is 0 Å². The number of nitrogens with one attached hydrogen (secondary N) is 2. The van der Waals surface area contributed by atoms with Gasteiger partial charge in [0.05, 0.1) is 17.6 Å². The first-order valence-corrected chi connectivity index (χ1v) is 10.1. The SMILES string of the molecule is Nc1cnccc1NC(=O)c1ccc(CNC(=O)c2cccc(-c3ccccc3)c2)cc1. The number of hydrogen-bond donors (Lipinski definition) is 3. The molecule has 0 aliphatic heterocycles. The quantitative estimate of drug-likeness (QED) is 0.426. The van der Waals surface area contributed by atoms with E-state index in [4.69, 9.17) is 5.73 Å². The summed E-state index contributed by atoms with van der Waals surface area (Å²) in [5, 5.41) is 5.69. The lowest BCUT2D eigenvalue weighted by molar-refractivity contribution is 0.0950. The Morgan fingerprint density at radius 2 is 1.53 bits per heavy atom. The molecule has 0 aliphatic rings. The van der Waals surface area contributed by atoms with Crippen molar-refractivity contribution < 1.29 is 9.59 Å². The molecule has 1 heterocycles. The first-order chi connectivity index (χ1) is 15.6. The molecule has 158 valence electrons. The molecular weight excluding hydrogens is 400 g/mol. The fourth-order valence-corrected chi connectivity index (χ4v) is 3.24. The molecule has 4 N–H and O–H groups in total. The minimum absolute atomic E-state index is 0.155. The van der Waals surface area contributed by atoms with Gasteiger partial charge in [0.25, 0.3) is 11.8 Å². The third kappa shape index (κ3) is 4.99. The van der Waals surface area contributed by atoms with Gasteiger partial charge in [-0.2, -0.15) is 0 Å². The highest BCUT2D eigenvalue weighted by Gasteiger charge is 2.10.